The smallest absolute Gasteiger partial charge is 0.407 e. The molecule has 0 spiro atoms. The minimum Gasteiger partial charge on any atom is -0.444 e. The fraction of sp³-hybridized carbons (Fsp3) is 0.900. The number of alkyl carbamates (subject to hydrolysis) is 1. The van der Waals surface area contributed by atoms with Crippen LogP contribution < -0.4 is 10.6 Å². The average Bonchev–Trinajstić information content (AvgIpc) is 2.58. The second-order valence-corrected chi connectivity index (χ2v) is 10.8. The first-order chi connectivity index (χ1) is 13.7. The zero-order valence-corrected chi connectivity index (χ0v) is 21.1. The summed E-state index contributed by atoms with van der Waals surface area (Å²) >= 11 is 0. The van der Waals surface area contributed by atoms with E-state index in [4.69, 9.17) is 4.74 Å². The van der Waals surface area contributed by atoms with E-state index in [1.165, 1.54) is 10.6 Å². The maximum atomic E-state index is 12.1. The molecule has 0 rings (SSSR count). The number of amides is 1. The minimum atomic E-state index is -3.17. The Bertz CT molecular complexity index is 644. The standard InChI is InChI=1S/C20H43N5O4S/c1-10-25(30(9,27)28)14-11-13-22-18(21-7)24(8)15-12-17(16(2)3)23-19(26)29-20(4,5)6/h16-17H,10-15H2,1-9H3,(H,21,22)(H,23,26). The Balaban J connectivity index is 4.58. The molecule has 2 N–H and O–H groups in total. The van der Waals surface area contributed by atoms with Gasteiger partial charge in [-0.2, -0.15) is 0 Å². The Kier molecular flexibility index (Phi) is 12.3. The molecule has 0 bridgehead atoms. The topological polar surface area (TPSA) is 103 Å². The Morgan fingerprint density at radius 3 is 2.23 bits per heavy atom. The predicted molar refractivity (Wildman–Crippen MR) is 123 cm³/mol. The van der Waals surface area contributed by atoms with Crippen molar-refractivity contribution in [3.05, 3.63) is 0 Å². The van der Waals surface area contributed by atoms with Crippen LogP contribution in [0.25, 0.3) is 0 Å². The highest BCUT2D eigenvalue weighted by Gasteiger charge is 2.22. The van der Waals surface area contributed by atoms with Gasteiger partial charge >= 0.3 is 6.09 Å². The number of nitrogens with one attached hydrogen (secondary N) is 2. The molecule has 0 aliphatic heterocycles. The summed E-state index contributed by atoms with van der Waals surface area (Å²) in [6.07, 6.45) is 2.25. The van der Waals surface area contributed by atoms with Crippen LogP contribution in [0.1, 0.15) is 54.4 Å². The Morgan fingerprint density at radius 2 is 1.80 bits per heavy atom. The lowest BCUT2D eigenvalue weighted by molar-refractivity contribution is 0.0485. The Labute approximate surface area is 183 Å². The van der Waals surface area contributed by atoms with E-state index < -0.39 is 21.7 Å². The van der Waals surface area contributed by atoms with Gasteiger partial charge in [-0.25, -0.2) is 17.5 Å². The summed E-state index contributed by atoms with van der Waals surface area (Å²) in [6.45, 7) is 13.7. The monoisotopic (exact) mass is 449 g/mol. The van der Waals surface area contributed by atoms with Gasteiger partial charge in [0.1, 0.15) is 5.60 Å². The maximum absolute atomic E-state index is 12.1. The summed E-state index contributed by atoms with van der Waals surface area (Å²) in [5.74, 6) is 0.995. The maximum Gasteiger partial charge on any atom is 0.407 e. The molecule has 1 amide bonds. The normalized spacial score (nSPS) is 14.0. The molecule has 0 aromatic carbocycles. The average molecular weight is 450 g/mol. The highest BCUT2D eigenvalue weighted by molar-refractivity contribution is 7.88. The number of carbonyl (C=O) groups excluding carboxylic acids is 1. The number of nitrogens with zero attached hydrogens (tertiary/aromatic N) is 3. The molecular weight excluding hydrogens is 406 g/mol. The number of hydrogen-bond acceptors (Lipinski definition) is 5. The first-order valence-electron chi connectivity index (χ1n) is 10.6. The van der Waals surface area contributed by atoms with Gasteiger partial charge in [0.15, 0.2) is 5.96 Å². The second-order valence-electron chi connectivity index (χ2n) is 8.79. The molecule has 0 radical (unpaired) electrons. The van der Waals surface area contributed by atoms with Crippen LogP contribution in [0.2, 0.25) is 0 Å². The van der Waals surface area contributed by atoms with Crippen molar-refractivity contribution in [2.24, 2.45) is 10.9 Å². The Hall–Kier alpha value is -1.55. The van der Waals surface area contributed by atoms with Crippen molar-refractivity contribution in [3.8, 4) is 0 Å². The first kappa shape index (κ1) is 28.5. The number of rotatable bonds is 11. The highest BCUT2D eigenvalue weighted by atomic mass is 32.2. The van der Waals surface area contributed by atoms with Gasteiger partial charge in [0.05, 0.1) is 6.26 Å². The van der Waals surface area contributed by atoms with Crippen molar-refractivity contribution >= 4 is 22.1 Å². The quantitative estimate of drug-likeness (QED) is 0.284. The highest BCUT2D eigenvalue weighted by Crippen LogP contribution is 2.11. The molecule has 1 unspecified atom stereocenters. The van der Waals surface area contributed by atoms with Crippen molar-refractivity contribution < 1.29 is 17.9 Å². The third-order valence-electron chi connectivity index (χ3n) is 4.54. The number of ether oxygens (including phenoxy) is 1. The van der Waals surface area contributed by atoms with Gasteiger partial charge in [0.2, 0.25) is 10.0 Å². The molecule has 10 heteroatoms. The molecule has 0 aromatic heterocycles. The molecule has 0 aromatic rings. The summed E-state index contributed by atoms with van der Waals surface area (Å²) in [7, 11) is 0.489. The lowest BCUT2D eigenvalue weighted by Crippen LogP contribution is -2.45. The van der Waals surface area contributed by atoms with Crippen molar-refractivity contribution in [1.29, 1.82) is 0 Å². The molecule has 30 heavy (non-hydrogen) atoms. The molecule has 0 aliphatic carbocycles. The van der Waals surface area contributed by atoms with Gasteiger partial charge in [0.25, 0.3) is 0 Å². The summed E-state index contributed by atoms with van der Waals surface area (Å²) < 4.78 is 30.1. The van der Waals surface area contributed by atoms with Crippen molar-refractivity contribution in [3.63, 3.8) is 0 Å². The molecule has 0 saturated heterocycles. The van der Waals surface area contributed by atoms with Gasteiger partial charge in [-0.05, 0) is 39.5 Å². The Morgan fingerprint density at radius 1 is 1.20 bits per heavy atom. The van der Waals surface area contributed by atoms with Gasteiger partial charge < -0.3 is 20.3 Å². The summed E-state index contributed by atoms with van der Waals surface area (Å²) in [4.78, 5) is 18.4. The number of aliphatic imine (C=N–C) groups is 1. The number of carbonyl (C=O) groups is 1. The van der Waals surface area contributed by atoms with Crippen LogP contribution in [0.3, 0.4) is 0 Å². The molecule has 178 valence electrons. The third-order valence-corrected chi connectivity index (χ3v) is 5.92. The summed E-state index contributed by atoms with van der Waals surface area (Å²) in [5, 5.41) is 6.23. The largest absolute Gasteiger partial charge is 0.444 e. The molecule has 0 aliphatic rings. The minimum absolute atomic E-state index is 0.0201. The fourth-order valence-electron chi connectivity index (χ4n) is 2.87. The van der Waals surface area contributed by atoms with E-state index in [9.17, 15) is 13.2 Å². The van der Waals surface area contributed by atoms with Crippen LogP contribution in [0.15, 0.2) is 4.99 Å². The zero-order valence-electron chi connectivity index (χ0n) is 20.3. The predicted octanol–water partition coefficient (Wildman–Crippen LogP) is 2.10. The molecule has 0 fully saturated rings. The van der Waals surface area contributed by atoms with Crippen molar-refractivity contribution in [2.75, 3.05) is 46.5 Å². The van der Waals surface area contributed by atoms with E-state index in [0.29, 0.717) is 32.6 Å². The van der Waals surface area contributed by atoms with Gasteiger partial charge in [-0.15, -0.1) is 0 Å². The van der Waals surface area contributed by atoms with Crippen LogP contribution in [0, 0.1) is 5.92 Å². The van der Waals surface area contributed by atoms with Crippen LogP contribution in [0.5, 0.6) is 0 Å². The van der Waals surface area contributed by atoms with E-state index in [0.717, 1.165) is 12.4 Å². The van der Waals surface area contributed by atoms with Crippen LogP contribution in [0.4, 0.5) is 4.79 Å². The zero-order chi connectivity index (χ0) is 23.5. The van der Waals surface area contributed by atoms with Crippen molar-refractivity contribution in [2.45, 2.75) is 66.0 Å². The van der Waals surface area contributed by atoms with Crippen molar-refractivity contribution in [1.82, 2.24) is 19.8 Å². The second kappa shape index (κ2) is 13.0. The van der Waals surface area contributed by atoms with E-state index in [2.05, 4.69) is 29.5 Å². The molecule has 0 heterocycles. The van der Waals surface area contributed by atoms with Gasteiger partial charge in [-0.1, -0.05) is 20.8 Å². The number of sulfonamides is 1. The van der Waals surface area contributed by atoms with E-state index in [-0.39, 0.29) is 12.0 Å². The summed E-state index contributed by atoms with van der Waals surface area (Å²) in [5.41, 5.74) is -0.529. The first-order valence-corrected chi connectivity index (χ1v) is 12.4. The van der Waals surface area contributed by atoms with Gasteiger partial charge in [0, 0.05) is 46.3 Å². The van der Waals surface area contributed by atoms with Gasteiger partial charge in [-0.3, -0.25) is 4.99 Å². The SMILES string of the molecule is CCN(CCCNC(=NC)N(C)CCC(NC(=O)OC(C)(C)C)C(C)C)S(C)(=O)=O. The van der Waals surface area contributed by atoms with E-state index >= 15 is 0 Å². The third kappa shape index (κ3) is 12.2. The van der Waals surface area contributed by atoms with Crippen LogP contribution >= 0.6 is 0 Å². The molecule has 1 atom stereocenters. The van der Waals surface area contributed by atoms with Crippen LogP contribution in [-0.2, 0) is 14.8 Å². The van der Waals surface area contributed by atoms with E-state index in [1.54, 1.807) is 7.05 Å². The molecular formula is C20H43N5O4S. The number of guanidine groups is 1. The molecule has 0 saturated carbocycles. The fourth-order valence-corrected chi connectivity index (χ4v) is 3.80. The lowest BCUT2D eigenvalue weighted by Gasteiger charge is -2.28. The number of hydrogen-bond donors (Lipinski definition) is 2. The van der Waals surface area contributed by atoms with Crippen LogP contribution in [-0.4, -0.2) is 87.8 Å². The van der Waals surface area contributed by atoms with E-state index in [1.807, 2.05) is 39.6 Å². The lowest BCUT2D eigenvalue weighted by atomic mass is 10.0. The molecule has 9 nitrogen and oxygen atoms in total. The summed E-state index contributed by atoms with van der Waals surface area (Å²) in [6, 6.07) is -0.0201.